The van der Waals surface area contributed by atoms with Gasteiger partial charge in [-0.1, -0.05) is 6.92 Å². The molecule has 0 saturated carbocycles. The van der Waals surface area contributed by atoms with E-state index in [4.69, 9.17) is 4.74 Å². The minimum absolute atomic E-state index is 0.434. The fraction of sp³-hybridized carbons (Fsp3) is 0.643. The Balaban J connectivity index is 2.26. The third kappa shape index (κ3) is 2.84. The Labute approximate surface area is 118 Å². The summed E-state index contributed by atoms with van der Waals surface area (Å²) in [5, 5.41) is 9.51. The topological polar surface area (TPSA) is 75.5 Å². The number of hydrogen-bond donors (Lipinski definition) is 1. The molecule has 0 spiro atoms. The molecule has 0 aromatic carbocycles. The Morgan fingerprint density at radius 3 is 3.05 bits per heavy atom. The summed E-state index contributed by atoms with van der Waals surface area (Å²) in [6.45, 7) is 5.00. The molecule has 0 radical (unpaired) electrons. The highest BCUT2D eigenvalue weighted by molar-refractivity contribution is 5.82. The standard InChI is InChI=1S/C14H21N3O3/c1-3-10-20-11-6-8-15-13(16-11)17-9-5-4-7-14(17,2)12(18)19/h6,8H,3-5,7,9-10H2,1-2H3,(H,18,19). The summed E-state index contributed by atoms with van der Waals surface area (Å²) >= 11 is 0. The van der Waals surface area contributed by atoms with Crippen LogP contribution in [0, 0.1) is 0 Å². The maximum absolute atomic E-state index is 11.6. The summed E-state index contributed by atoms with van der Waals surface area (Å²) in [7, 11) is 0. The van der Waals surface area contributed by atoms with Crippen molar-refractivity contribution in [2.75, 3.05) is 18.1 Å². The molecule has 1 aliphatic heterocycles. The minimum Gasteiger partial charge on any atom is -0.480 e. The Bertz CT molecular complexity index is 480. The van der Waals surface area contributed by atoms with Crippen LogP contribution in [0.5, 0.6) is 5.88 Å². The molecule has 1 saturated heterocycles. The number of carbonyl (C=O) groups is 1. The molecule has 1 aromatic heterocycles. The summed E-state index contributed by atoms with van der Waals surface area (Å²) < 4.78 is 5.49. The Morgan fingerprint density at radius 1 is 1.55 bits per heavy atom. The number of aliphatic carboxylic acids is 1. The smallest absolute Gasteiger partial charge is 0.329 e. The number of carboxylic acid groups (broad SMARTS) is 1. The van der Waals surface area contributed by atoms with Gasteiger partial charge in [0, 0.05) is 18.8 Å². The molecule has 2 rings (SSSR count). The lowest BCUT2D eigenvalue weighted by Gasteiger charge is -2.41. The average Bonchev–Trinajstić information content (AvgIpc) is 2.45. The largest absolute Gasteiger partial charge is 0.480 e. The quantitative estimate of drug-likeness (QED) is 0.889. The molecule has 1 aromatic rings. The second-order valence-corrected chi connectivity index (χ2v) is 5.23. The highest BCUT2D eigenvalue weighted by Gasteiger charge is 2.42. The minimum atomic E-state index is -0.943. The van der Waals surface area contributed by atoms with Gasteiger partial charge in [0.25, 0.3) is 0 Å². The lowest BCUT2D eigenvalue weighted by atomic mass is 9.89. The van der Waals surface area contributed by atoms with E-state index in [0.717, 1.165) is 19.3 Å². The van der Waals surface area contributed by atoms with Crippen LogP contribution in [0.15, 0.2) is 12.3 Å². The molecular formula is C14H21N3O3. The zero-order chi connectivity index (χ0) is 14.6. The van der Waals surface area contributed by atoms with Gasteiger partial charge in [0.05, 0.1) is 6.61 Å². The van der Waals surface area contributed by atoms with Gasteiger partial charge >= 0.3 is 5.97 Å². The van der Waals surface area contributed by atoms with Gasteiger partial charge in [-0.3, -0.25) is 0 Å². The van der Waals surface area contributed by atoms with E-state index in [1.54, 1.807) is 24.1 Å². The predicted octanol–water partition coefficient (Wildman–Crippen LogP) is 2.10. The first-order valence-electron chi connectivity index (χ1n) is 7.05. The summed E-state index contributed by atoms with van der Waals surface area (Å²) in [5.74, 6) is 0.0963. The SMILES string of the molecule is CCCOc1ccnc(N2CCCCC2(C)C(=O)O)n1. The van der Waals surface area contributed by atoms with E-state index in [1.807, 2.05) is 6.92 Å². The predicted molar refractivity (Wildman–Crippen MR) is 75.1 cm³/mol. The Morgan fingerprint density at radius 2 is 2.35 bits per heavy atom. The molecule has 0 aliphatic carbocycles. The van der Waals surface area contributed by atoms with E-state index in [9.17, 15) is 9.90 Å². The fourth-order valence-corrected chi connectivity index (χ4v) is 2.41. The molecule has 1 N–H and O–H groups in total. The number of ether oxygens (including phenoxy) is 1. The van der Waals surface area contributed by atoms with Crippen molar-refractivity contribution in [2.24, 2.45) is 0 Å². The van der Waals surface area contributed by atoms with Crippen LogP contribution in [0.1, 0.15) is 39.5 Å². The van der Waals surface area contributed by atoms with E-state index < -0.39 is 11.5 Å². The lowest BCUT2D eigenvalue weighted by molar-refractivity contribution is -0.143. The lowest BCUT2D eigenvalue weighted by Crippen LogP contribution is -2.56. The number of rotatable bonds is 5. The second-order valence-electron chi connectivity index (χ2n) is 5.23. The third-order valence-corrected chi connectivity index (χ3v) is 3.66. The normalized spacial score (nSPS) is 22.6. The zero-order valence-electron chi connectivity index (χ0n) is 12.0. The van der Waals surface area contributed by atoms with Crippen molar-refractivity contribution < 1.29 is 14.6 Å². The summed E-state index contributed by atoms with van der Waals surface area (Å²) in [5.41, 5.74) is -0.943. The second kappa shape index (κ2) is 6.07. The van der Waals surface area contributed by atoms with Crippen LogP contribution in [-0.2, 0) is 4.79 Å². The van der Waals surface area contributed by atoms with Crippen LogP contribution >= 0.6 is 0 Å². The van der Waals surface area contributed by atoms with E-state index in [1.165, 1.54) is 0 Å². The summed E-state index contributed by atoms with van der Waals surface area (Å²) in [4.78, 5) is 21.9. The van der Waals surface area contributed by atoms with Gasteiger partial charge in [-0.05, 0) is 32.6 Å². The van der Waals surface area contributed by atoms with Gasteiger partial charge in [-0.2, -0.15) is 4.98 Å². The molecule has 1 aliphatic rings. The van der Waals surface area contributed by atoms with Gasteiger partial charge in [-0.25, -0.2) is 9.78 Å². The first kappa shape index (κ1) is 14.6. The maximum atomic E-state index is 11.6. The van der Waals surface area contributed by atoms with E-state index in [0.29, 0.717) is 31.4 Å². The fourth-order valence-electron chi connectivity index (χ4n) is 2.41. The maximum Gasteiger partial charge on any atom is 0.329 e. The monoisotopic (exact) mass is 279 g/mol. The van der Waals surface area contributed by atoms with Crippen molar-refractivity contribution in [3.8, 4) is 5.88 Å². The van der Waals surface area contributed by atoms with Crippen molar-refractivity contribution >= 4 is 11.9 Å². The van der Waals surface area contributed by atoms with Gasteiger partial charge in [0.1, 0.15) is 5.54 Å². The number of aromatic nitrogens is 2. The summed E-state index contributed by atoms with van der Waals surface area (Å²) in [6.07, 6.45) is 4.98. The first-order chi connectivity index (χ1) is 9.58. The molecule has 20 heavy (non-hydrogen) atoms. The molecule has 1 fully saturated rings. The van der Waals surface area contributed by atoms with Crippen molar-refractivity contribution in [3.63, 3.8) is 0 Å². The first-order valence-corrected chi connectivity index (χ1v) is 7.05. The molecule has 6 heteroatoms. The molecular weight excluding hydrogens is 258 g/mol. The van der Waals surface area contributed by atoms with Crippen LogP contribution in [-0.4, -0.2) is 39.7 Å². The molecule has 0 amide bonds. The van der Waals surface area contributed by atoms with E-state index in [-0.39, 0.29) is 0 Å². The number of nitrogens with zero attached hydrogens (tertiary/aromatic N) is 3. The van der Waals surface area contributed by atoms with E-state index >= 15 is 0 Å². The third-order valence-electron chi connectivity index (χ3n) is 3.66. The van der Waals surface area contributed by atoms with Gasteiger partial charge < -0.3 is 14.7 Å². The van der Waals surface area contributed by atoms with Crippen LogP contribution in [0.3, 0.4) is 0 Å². The molecule has 1 unspecified atom stereocenters. The van der Waals surface area contributed by atoms with Crippen LogP contribution < -0.4 is 9.64 Å². The average molecular weight is 279 g/mol. The molecule has 0 bridgehead atoms. The molecule has 1 atom stereocenters. The zero-order valence-corrected chi connectivity index (χ0v) is 12.0. The number of piperidine rings is 1. The van der Waals surface area contributed by atoms with Crippen LogP contribution in [0.25, 0.3) is 0 Å². The Kier molecular flexibility index (Phi) is 4.42. The molecule has 2 heterocycles. The number of carboxylic acids is 1. The molecule has 110 valence electrons. The van der Waals surface area contributed by atoms with Crippen LogP contribution in [0.4, 0.5) is 5.95 Å². The van der Waals surface area contributed by atoms with Crippen LogP contribution in [0.2, 0.25) is 0 Å². The van der Waals surface area contributed by atoms with Gasteiger partial charge in [0.2, 0.25) is 11.8 Å². The van der Waals surface area contributed by atoms with Crippen molar-refractivity contribution in [1.29, 1.82) is 0 Å². The van der Waals surface area contributed by atoms with E-state index in [2.05, 4.69) is 9.97 Å². The number of hydrogen-bond acceptors (Lipinski definition) is 5. The van der Waals surface area contributed by atoms with Gasteiger partial charge in [0.15, 0.2) is 0 Å². The van der Waals surface area contributed by atoms with Crippen molar-refractivity contribution in [1.82, 2.24) is 9.97 Å². The Hall–Kier alpha value is -1.85. The highest BCUT2D eigenvalue weighted by atomic mass is 16.5. The van der Waals surface area contributed by atoms with Crippen molar-refractivity contribution in [2.45, 2.75) is 45.1 Å². The van der Waals surface area contributed by atoms with Gasteiger partial charge in [-0.15, -0.1) is 0 Å². The highest BCUT2D eigenvalue weighted by Crippen LogP contribution is 2.31. The summed E-state index contributed by atoms with van der Waals surface area (Å²) in [6, 6.07) is 1.70. The molecule has 6 nitrogen and oxygen atoms in total. The number of anilines is 1. The van der Waals surface area contributed by atoms with Crippen molar-refractivity contribution in [3.05, 3.63) is 12.3 Å².